The topological polar surface area (TPSA) is 70.7 Å². The van der Waals surface area contributed by atoms with E-state index in [4.69, 9.17) is 4.74 Å². The van der Waals surface area contributed by atoms with Crippen LogP contribution in [0, 0.1) is 5.82 Å². The van der Waals surface area contributed by atoms with Gasteiger partial charge in [0.1, 0.15) is 11.9 Å². The smallest absolute Gasteiger partial charge is 0.256 e. The number of morpholine rings is 1. The summed E-state index contributed by atoms with van der Waals surface area (Å²) in [5, 5.41) is 6.13. The molecule has 0 bridgehead atoms. The summed E-state index contributed by atoms with van der Waals surface area (Å²) in [7, 11) is 0. The van der Waals surface area contributed by atoms with Gasteiger partial charge < -0.3 is 20.3 Å². The van der Waals surface area contributed by atoms with Gasteiger partial charge in [0, 0.05) is 25.7 Å². The van der Waals surface area contributed by atoms with E-state index in [2.05, 4.69) is 10.6 Å². The zero-order chi connectivity index (χ0) is 16.9. The summed E-state index contributed by atoms with van der Waals surface area (Å²) in [6.45, 7) is 2.70. The average molecular weight is 372 g/mol. The number of amides is 2. The van der Waals surface area contributed by atoms with Crippen molar-refractivity contribution in [3.63, 3.8) is 0 Å². The zero-order valence-electron chi connectivity index (χ0n) is 13.9. The molecule has 2 aliphatic heterocycles. The third-order valence-corrected chi connectivity index (χ3v) is 4.47. The standard InChI is InChI=1S/C17H22FN3O3.ClH/c18-14-4-2-1-3-13(14)17(23)21-8-5-12(6-9-21)20-16(22)15-11-24-10-7-19-15;/h1-4,12,15,19H,5-11H2,(H,20,22);1H. The van der Waals surface area contributed by atoms with Crippen LogP contribution in [0.3, 0.4) is 0 Å². The SMILES string of the molecule is Cl.O=C(NC1CCN(C(=O)c2ccccc2F)CC1)C1COCCN1. The van der Waals surface area contributed by atoms with Crippen molar-refractivity contribution in [3.05, 3.63) is 35.6 Å². The van der Waals surface area contributed by atoms with Gasteiger partial charge in [0.25, 0.3) is 5.91 Å². The van der Waals surface area contributed by atoms with Crippen molar-refractivity contribution < 1.29 is 18.7 Å². The maximum atomic E-state index is 13.7. The fourth-order valence-electron chi connectivity index (χ4n) is 3.07. The van der Waals surface area contributed by atoms with Crippen molar-refractivity contribution in [3.8, 4) is 0 Å². The number of halogens is 2. The molecule has 0 aromatic heterocycles. The molecule has 6 nitrogen and oxygen atoms in total. The van der Waals surface area contributed by atoms with Crippen LogP contribution in [0.4, 0.5) is 4.39 Å². The van der Waals surface area contributed by atoms with E-state index >= 15 is 0 Å². The van der Waals surface area contributed by atoms with Crippen LogP contribution < -0.4 is 10.6 Å². The summed E-state index contributed by atoms with van der Waals surface area (Å²) >= 11 is 0. The third kappa shape index (κ3) is 4.90. The van der Waals surface area contributed by atoms with Gasteiger partial charge in [-0.2, -0.15) is 0 Å². The Morgan fingerprint density at radius 3 is 2.60 bits per heavy atom. The molecular formula is C17H23ClFN3O3. The van der Waals surface area contributed by atoms with Gasteiger partial charge in [0.2, 0.25) is 5.91 Å². The molecule has 2 heterocycles. The van der Waals surface area contributed by atoms with E-state index in [1.54, 1.807) is 17.0 Å². The molecule has 0 radical (unpaired) electrons. The average Bonchev–Trinajstić information content (AvgIpc) is 2.63. The lowest BCUT2D eigenvalue weighted by Crippen LogP contribution is -2.55. The Bertz CT molecular complexity index is 603. The van der Waals surface area contributed by atoms with Crippen molar-refractivity contribution in [2.75, 3.05) is 32.8 Å². The molecule has 25 heavy (non-hydrogen) atoms. The van der Waals surface area contributed by atoms with E-state index in [9.17, 15) is 14.0 Å². The Morgan fingerprint density at radius 2 is 1.96 bits per heavy atom. The number of likely N-dealkylation sites (tertiary alicyclic amines) is 1. The summed E-state index contributed by atoms with van der Waals surface area (Å²) in [6, 6.07) is 5.74. The molecule has 2 fully saturated rings. The van der Waals surface area contributed by atoms with Gasteiger partial charge in [-0.3, -0.25) is 9.59 Å². The highest BCUT2D eigenvalue weighted by Gasteiger charge is 2.28. The van der Waals surface area contributed by atoms with E-state index in [1.165, 1.54) is 12.1 Å². The molecule has 1 aromatic rings. The number of carbonyl (C=O) groups is 2. The van der Waals surface area contributed by atoms with E-state index in [-0.39, 0.29) is 41.9 Å². The highest BCUT2D eigenvalue weighted by Crippen LogP contribution is 2.16. The van der Waals surface area contributed by atoms with Crippen LogP contribution in [0.1, 0.15) is 23.2 Å². The van der Waals surface area contributed by atoms with Crippen molar-refractivity contribution >= 4 is 24.2 Å². The summed E-state index contributed by atoms with van der Waals surface area (Å²) in [6.07, 6.45) is 1.33. The Morgan fingerprint density at radius 1 is 1.24 bits per heavy atom. The van der Waals surface area contributed by atoms with E-state index in [0.717, 1.165) is 0 Å². The molecule has 0 aliphatic carbocycles. The molecule has 2 saturated heterocycles. The maximum Gasteiger partial charge on any atom is 0.256 e. The maximum absolute atomic E-state index is 13.7. The fraction of sp³-hybridized carbons (Fsp3) is 0.529. The number of piperidine rings is 1. The largest absolute Gasteiger partial charge is 0.378 e. The Kier molecular flexibility index (Phi) is 7.16. The second-order valence-electron chi connectivity index (χ2n) is 6.14. The van der Waals surface area contributed by atoms with Crippen molar-refractivity contribution in [1.29, 1.82) is 0 Å². The lowest BCUT2D eigenvalue weighted by atomic mass is 10.0. The zero-order valence-corrected chi connectivity index (χ0v) is 14.7. The van der Waals surface area contributed by atoms with Gasteiger partial charge >= 0.3 is 0 Å². The Hall–Kier alpha value is -1.70. The molecule has 1 atom stereocenters. The quantitative estimate of drug-likeness (QED) is 0.830. The van der Waals surface area contributed by atoms with Crippen LogP contribution in [0.5, 0.6) is 0 Å². The van der Waals surface area contributed by atoms with Gasteiger partial charge in [-0.25, -0.2) is 4.39 Å². The minimum Gasteiger partial charge on any atom is -0.378 e. The number of ether oxygens (including phenoxy) is 1. The number of nitrogens with zero attached hydrogens (tertiary/aromatic N) is 1. The first-order valence-electron chi connectivity index (χ1n) is 8.30. The van der Waals surface area contributed by atoms with Crippen LogP contribution >= 0.6 is 12.4 Å². The second kappa shape index (κ2) is 9.12. The summed E-state index contributed by atoms with van der Waals surface area (Å²) in [4.78, 5) is 26.2. The molecule has 3 rings (SSSR count). The van der Waals surface area contributed by atoms with Gasteiger partial charge in [-0.1, -0.05) is 12.1 Å². The first-order valence-corrected chi connectivity index (χ1v) is 8.30. The van der Waals surface area contributed by atoms with E-state index in [0.29, 0.717) is 45.7 Å². The first kappa shape index (κ1) is 19.6. The van der Waals surface area contributed by atoms with Crippen LogP contribution in [-0.2, 0) is 9.53 Å². The Balaban J connectivity index is 0.00000225. The van der Waals surface area contributed by atoms with Gasteiger partial charge in [0.05, 0.1) is 18.8 Å². The summed E-state index contributed by atoms with van der Waals surface area (Å²) < 4.78 is 19.0. The lowest BCUT2D eigenvalue weighted by molar-refractivity contribution is -0.126. The number of carbonyl (C=O) groups excluding carboxylic acids is 2. The number of rotatable bonds is 3. The predicted molar refractivity (Wildman–Crippen MR) is 93.3 cm³/mol. The number of nitrogens with one attached hydrogen (secondary N) is 2. The minimum atomic E-state index is -0.499. The summed E-state index contributed by atoms with van der Waals surface area (Å²) in [5.41, 5.74) is 0.100. The van der Waals surface area contributed by atoms with Crippen molar-refractivity contribution in [2.45, 2.75) is 24.9 Å². The van der Waals surface area contributed by atoms with Gasteiger partial charge in [-0.05, 0) is 25.0 Å². The molecule has 2 N–H and O–H groups in total. The monoisotopic (exact) mass is 371 g/mol. The molecule has 2 aliphatic rings. The molecule has 8 heteroatoms. The van der Waals surface area contributed by atoms with Gasteiger partial charge in [0.15, 0.2) is 0 Å². The molecule has 138 valence electrons. The fourth-order valence-corrected chi connectivity index (χ4v) is 3.07. The predicted octanol–water partition coefficient (Wildman–Crippen LogP) is 0.957. The Labute approximate surface area is 152 Å². The van der Waals surface area contributed by atoms with E-state index < -0.39 is 5.82 Å². The first-order chi connectivity index (χ1) is 11.6. The van der Waals surface area contributed by atoms with Crippen LogP contribution in [0.15, 0.2) is 24.3 Å². The van der Waals surface area contributed by atoms with E-state index in [1.807, 2.05) is 0 Å². The third-order valence-electron chi connectivity index (χ3n) is 4.47. The molecule has 0 saturated carbocycles. The molecular weight excluding hydrogens is 349 g/mol. The second-order valence-corrected chi connectivity index (χ2v) is 6.14. The molecule has 1 unspecified atom stereocenters. The van der Waals surface area contributed by atoms with Crippen LogP contribution in [0.2, 0.25) is 0 Å². The van der Waals surface area contributed by atoms with Gasteiger partial charge in [-0.15, -0.1) is 12.4 Å². The highest BCUT2D eigenvalue weighted by molar-refractivity contribution is 5.94. The molecule has 1 aromatic carbocycles. The normalized spacial score (nSPS) is 21.3. The minimum absolute atomic E-state index is 0. The van der Waals surface area contributed by atoms with Crippen molar-refractivity contribution in [2.24, 2.45) is 0 Å². The molecule has 0 spiro atoms. The molecule has 2 amide bonds. The number of hydrogen-bond acceptors (Lipinski definition) is 4. The summed E-state index contributed by atoms with van der Waals surface area (Å²) in [5.74, 6) is -0.852. The van der Waals surface area contributed by atoms with Crippen molar-refractivity contribution in [1.82, 2.24) is 15.5 Å². The number of benzene rings is 1. The van der Waals surface area contributed by atoms with Crippen LogP contribution in [-0.4, -0.2) is 61.6 Å². The van der Waals surface area contributed by atoms with Crippen LogP contribution in [0.25, 0.3) is 0 Å². The number of hydrogen-bond donors (Lipinski definition) is 2. The lowest BCUT2D eigenvalue weighted by Gasteiger charge is -2.33. The highest BCUT2D eigenvalue weighted by atomic mass is 35.5.